The van der Waals surface area contributed by atoms with Crippen molar-refractivity contribution in [3.05, 3.63) is 48.0 Å². The Morgan fingerprint density at radius 1 is 1.33 bits per heavy atom. The standard InChI is InChI=1S/C18H24N4O2/c1-22-12-20-21-18(22)14-9-15(16(23)10-14)11-19-17(24)8-7-13-5-3-2-4-6-13/h2-6,12,14-16,23H,7-11H2,1H3,(H,19,24)/t14-,15+,16+/m0/s1. The Bertz CT molecular complexity index is 671. The van der Waals surface area contributed by atoms with Crippen LogP contribution in [-0.2, 0) is 18.3 Å². The van der Waals surface area contributed by atoms with Gasteiger partial charge in [-0.3, -0.25) is 4.79 Å². The molecule has 24 heavy (non-hydrogen) atoms. The van der Waals surface area contributed by atoms with Crippen LogP contribution in [-0.4, -0.2) is 38.4 Å². The number of aliphatic hydroxyl groups is 1. The van der Waals surface area contributed by atoms with Crippen LogP contribution in [0.4, 0.5) is 0 Å². The number of nitrogens with zero attached hydrogens (tertiary/aromatic N) is 3. The van der Waals surface area contributed by atoms with Gasteiger partial charge in [-0.05, 0) is 24.8 Å². The number of hydrogen-bond donors (Lipinski definition) is 2. The average molecular weight is 328 g/mol. The molecular weight excluding hydrogens is 304 g/mol. The van der Waals surface area contributed by atoms with E-state index >= 15 is 0 Å². The predicted molar refractivity (Wildman–Crippen MR) is 90.2 cm³/mol. The number of nitrogens with one attached hydrogen (secondary N) is 1. The Morgan fingerprint density at radius 3 is 2.83 bits per heavy atom. The van der Waals surface area contributed by atoms with Crippen LogP contribution in [0.2, 0.25) is 0 Å². The van der Waals surface area contributed by atoms with Gasteiger partial charge in [-0.1, -0.05) is 30.3 Å². The molecule has 1 aromatic carbocycles. The van der Waals surface area contributed by atoms with Crippen molar-refractivity contribution in [1.29, 1.82) is 0 Å². The van der Waals surface area contributed by atoms with Gasteiger partial charge in [0, 0.05) is 31.8 Å². The number of aromatic nitrogens is 3. The number of hydrogen-bond acceptors (Lipinski definition) is 4. The maximum Gasteiger partial charge on any atom is 0.220 e. The van der Waals surface area contributed by atoms with E-state index < -0.39 is 6.10 Å². The van der Waals surface area contributed by atoms with Crippen LogP contribution in [0.5, 0.6) is 0 Å². The van der Waals surface area contributed by atoms with Gasteiger partial charge in [-0.2, -0.15) is 0 Å². The maximum absolute atomic E-state index is 12.0. The summed E-state index contributed by atoms with van der Waals surface area (Å²) in [4.78, 5) is 12.0. The van der Waals surface area contributed by atoms with Gasteiger partial charge in [0.05, 0.1) is 6.10 Å². The first-order valence-electron chi connectivity index (χ1n) is 8.46. The van der Waals surface area contributed by atoms with E-state index in [1.54, 1.807) is 6.33 Å². The molecule has 3 rings (SSSR count). The molecule has 1 fully saturated rings. The largest absolute Gasteiger partial charge is 0.393 e. The first-order chi connectivity index (χ1) is 11.6. The molecule has 1 aliphatic carbocycles. The molecule has 0 saturated heterocycles. The third kappa shape index (κ3) is 4.00. The highest BCUT2D eigenvalue weighted by molar-refractivity contribution is 5.76. The van der Waals surface area contributed by atoms with Crippen molar-refractivity contribution in [2.45, 2.75) is 37.7 Å². The number of carbonyl (C=O) groups excluding carboxylic acids is 1. The van der Waals surface area contributed by atoms with Crippen molar-refractivity contribution in [1.82, 2.24) is 20.1 Å². The summed E-state index contributed by atoms with van der Waals surface area (Å²) in [7, 11) is 1.92. The van der Waals surface area contributed by atoms with Crippen molar-refractivity contribution in [2.24, 2.45) is 13.0 Å². The molecule has 128 valence electrons. The summed E-state index contributed by atoms with van der Waals surface area (Å²) in [5.41, 5.74) is 1.16. The summed E-state index contributed by atoms with van der Waals surface area (Å²) in [6.45, 7) is 0.517. The smallest absolute Gasteiger partial charge is 0.220 e. The first-order valence-corrected chi connectivity index (χ1v) is 8.46. The van der Waals surface area contributed by atoms with Gasteiger partial charge in [0.15, 0.2) is 0 Å². The van der Waals surface area contributed by atoms with E-state index in [1.807, 2.05) is 41.9 Å². The molecule has 1 heterocycles. The lowest BCUT2D eigenvalue weighted by molar-refractivity contribution is -0.121. The third-order valence-electron chi connectivity index (χ3n) is 4.81. The Kier molecular flexibility index (Phi) is 5.25. The minimum Gasteiger partial charge on any atom is -0.393 e. The van der Waals surface area contributed by atoms with Crippen LogP contribution in [0.1, 0.15) is 36.6 Å². The summed E-state index contributed by atoms with van der Waals surface area (Å²) >= 11 is 0. The Hall–Kier alpha value is -2.21. The number of benzene rings is 1. The molecule has 6 nitrogen and oxygen atoms in total. The highest BCUT2D eigenvalue weighted by Crippen LogP contribution is 2.37. The second-order valence-corrected chi connectivity index (χ2v) is 6.59. The maximum atomic E-state index is 12.0. The zero-order chi connectivity index (χ0) is 16.9. The summed E-state index contributed by atoms with van der Waals surface area (Å²) in [5, 5.41) is 21.3. The van der Waals surface area contributed by atoms with Crippen molar-refractivity contribution in [3.8, 4) is 0 Å². The minimum atomic E-state index is -0.402. The van der Waals surface area contributed by atoms with Crippen LogP contribution >= 0.6 is 0 Å². The molecule has 1 amide bonds. The van der Waals surface area contributed by atoms with Crippen LogP contribution < -0.4 is 5.32 Å². The fourth-order valence-electron chi connectivity index (χ4n) is 3.43. The van der Waals surface area contributed by atoms with Crippen LogP contribution in [0.15, 0.2) is 36.7 Å². The highest BCUT2D eigenvalue weighted by Gasteiger charge is 2.35. The molecule has 1 aromatic heterocycles. The molecule has 2 N–H and O–H groups in total. The second kappa shape index (κ2) is 7.57. The van der Waals surface area contributed by atoms with Crippen molar-refractivity contribution in [3.63, 3.8) is 0 Å². The van der Waals surface area contributed by atoms with Crippen LogP contribution in [0, 0.1) is 5.92 Å². The fraction of sp³-hybridized carbons (Fsp3) is 0.500. The molecular formula is C18H24N4O2. The molecule has 0 radical (unpaired) electrons. The number of aryl methyl sites for hydroxylation is 2. The zero-order valence-corrected chi connectivity index (χ0v) is 13.9. The van der Waals surface area contributed by atoms with E-state index in [0.29, 0.717) is 19.4 Å². The lowest BCUT2D eigenvalue weighted by Gasteiger charge is -2.15. The molecule has 6 heteroatoms. The molecule has 3 atom stereocenters. The topological polar surface area (TPSA) is 80.0 Å². The average Bonchev–Trinajstić information content (AvgIpc) is 3.17. The lowest BCUT2D eigenvalue weighted by atomic mass is 10.0. The summed E-state index contributed by atoms with van der Waals surface area (Å²) in [5.74, 6) is 1.23. The number of rotatable bonds is 6. The minimum absolute atomic E-state index is 0.0353. The summed E-state index contributed by atoms with van der Waals surface area (Å²) < 4.78 is 1.90. The second-order valence-electron chi connectivity index (χ2n) is 6.59. The van der Waals surface area contributed by atoms with Gasteiger partial charge >= 0.3 is 0 Å². The van der Waals surface area contributed by atoms with Crippen LogP contribution in [0.3, 0.4) is 0 Å². The normalized spacial score (nSPS) is 23.3. The van der Waals surface area contributed by atoms with Gasteiger partial charge in [0.1, 0.15) is 12.2 Å². The number of carbonyl (C=O) groups is 1. The molecule has 0 bridgehead atoms. The van der Waals surface area contributed by atoms with Gasteiger partial charge in [-0.25, -0.2) is 0 Å². The van der Waals surface area contributed by atoms with E-state index in [9.17, 15) is 9.90 Å². The highest BCUT2D eigenvalue weighted by atomic mass is 16.3. The number of aliphatic hydroxyl groups excluding tert-OH is 1. The van der Waals surface area contributed by atoms with E-state index in [2.05, 4.69) is 15.5 Å². The molecule has 1 saturated carbocycles. The van der Waals surface area contributed by atoms with Gasteiger partial charge in [0.2, 0.25) is 5.91 Å². The van der Waals surface area contributed by atoms with E-state index in [4.69, 9.17) is 0 Å². The molecule has 0 aliphatic heterocycles. The third-order valence-corrected chi connectivity index (χ3v) is 4.81. The van der Waals surface area contributed by atoms with Gasteiger partial charge in [-0.15, -0.1) is 10.2 Å². The molecule has 0 unspecified atom stereocenters. The lowest BCUT2D eigenvalue weighted by Crippen LogP contribution is -2.32. The molecule has 0 spiro atoms. The van der Waals surface area contributed by atoms with Crippen molar-refractivity contribution < 1.29 is 9.90 Å². The Balaban J connectivity index is 1.44. The molecule has 1 aliphatic rings. The van der Waals surface area contributed by atoms with E-state index in [0.717, 1.165) is 24.2 Å². The van der Waals surface area contributed by atoms with Gasteiger partial charge in [0.25, 0.3) is 0 Å². The van der Waals surface area contributed by atoms with Crippen LogP contribution in [0.25, 0.3) is 0 Å². The van der Waals surface area contributed by atoms with Crippen molar-refractivity contribution in [2.75, 3.05) is 6.54 Å². The predicted octanol–water partition coefficient (Wildman–Crippen LogP) is 1.42. The van der Waals surface area contributed by atoms with E-state index in [-0.39, 0.29) is 17.7 Å². The van der Waals surface area contributed by atoms with Crippen molar-refractivity contribution >= 4 is 5.91 Å². The summed E-state index contributed by atoms with van der Waals surface area (Å²) in [6.07, 6.45) is 3.99. The fourth-order valence-corrected chi connectivity index (χ4v) is 3.43. The first kappa shape index (κ1) is 16.6. The number of amides is 1. The van der Waals surface area contributed by atoms with Gasteiger partial charge < -0.3 is 15.0 Å². The van der Waals surface area contributed by atoms with E-state index in [1.165, 1.54) is 0 Å². The monoisotopic (exact) mass is 328 g/mol. The Morgan fingerprint density at radius 2 is 2.12 bits per heavy atom. The Labute approximate surface area is 141 Å². The summed E-state index contributed by atoms with van der Waals surface area (Å²) in [6, 6.07) is 9.99. The zero-order valence-electron chi connectivity index (χ0n) is 13.9. The SMILES string of the molecule is Cn1cnnc1[C@H]1C[C@H](CNC(=O)CCc2ccccc2)[C@H](O)C1. The molecule has 2 aromatic rings. The quantitative estimate of drug-likeness (QED) is 0.840.